The highest BCUT2D eigenvalue weighted by molar-refractivity contribution is 6.30. The van der Waals surface area contributed by atoms with Crippen molar-refractivity contribution in [3.05, 3.63) is 29.3 Å². The second kappa shape index (κ2) is 9.37. The molecule has 0 bridgehead atoms. The van der Waals surface area contributed by atoms with Crippen LogP contribution in [0.5, 0.6) is 5.75 Å². The molecule has 0 amide bonds. The van der Waals surface area contributed by atoms with Crippen molar-refractivity contribution in [3.63, 3.8) is 0 Å². The van der Waals surface area contributed by atoms with Crippen molar-refractivity contribution in [3.8, 4) is 5.75 Å². The number of halogens is 1. The van der Waals surface area contributed by atoms with Gasteiger partial charge in [-0.25, -0.2) is 0 Å². The van der Waals surface area contributed by atoms with E-state index in [1.165, 1.54) is 0 Å². The van der Waals surface area contributed by atoms with Gasteiger partial charge in [0.25, 0.3) is 0 Å². The van der Waals surface area contributed by atoms with Gasteiger partial charge >= 0.3 is 11.9 Å². The van der Waals surface area contributed by atoms with E-state index in [0.717, 1.165) is 12.8 Å². The molecule has 0 saturated carbocycles. The normalized spacial score (nSPS) is 10.1. The lowest BCUT2D eigenvalue weighted by atomic mass is 10.1. The minimum absolute atomic E-state index is 0.184. The van der Waals surface area contributed by atoms with Gasteiger partial charge < -0.3 is 9.47 Å². The van der Waals surface area contributed by atoms with Gasteiger partial charge in [0.2, 0.25) is 0 Å². The third-order valence-electron chi connectivity index (χ3n) is 2.61. The van der Waals surface area contributed by atoms with Crippen LogP contribution >= 0.6 is 11.6 Å². The van der Waals surface area contributed by atoms with Crippen LogP contribution in [0.3, 0.4) is 0 Å². The number of hydrogen-bond donors (Lipinski definition) is 0. The van der Waals surface area contributed by atoms with Gasteiger partial charge in [0.15, 0.2) is 0 Å². The molecule has 1 rings (SSSR count). The van der Waals surface area contributed by atoms with E-state index in [2.05, 4.69) is 0 Å². The zero-order valence-corrected chi connectivity index (χ0v) is 12.3. The van der Waals surface area contributed by atoms with Crippen LogP contribution in [0.25, 0.3) is 0 Å². The topological polar surface area (TPSA) is 52.6 Å². The maximum absolute atomic E-state index is 11.6. The van der Waals surface area contributed by atoms with Crippen LogP contribution in [0.15, 0.2) is 24.3 Å². The average Bonchev–Trinajstić information content (AvgIpc) is 2.41. The molecule has 0 N–H and O–H groups in total. The number of rotatable bonds is 8. The Labute approximate surface area is 124 Å². The fraction of sp³-hybridized carbons (Fsp3) is 0.467. The van der Waals surface area contributed by atoms with Gasteiger partial charge in [-0.2, -0.15) is 0 Å². The Morgan fingerprint density at radius 3 is 2.20 bits per heavy atom. The van der Waals surface area contributed by atoms with Gasteiger partial charge in [0, 0.05) is 17.9 Å². The lowest BCUT2D eigenvalue weighted by molar-refractivity contribution is -0.143. The summed E-state index contributed by atoms with van der Waals surface area (Å²) >= 11 is 5.74. The number of hydrogen-bond acceptors (Lipinski definition) is 4. The summed E-state index contributed by atoms with van der Waals surface area (Å²) in [7, 11) is 0. The highest BCUT2D eigenvalue weighted by Gasteiger charge is 2.06. The number of carbonyl (C=O) groups is 2. The maximum atomic E-state index is 11.6. The molecule has 1 aromatic carbocycles. The summed E-state index contributed by atoms with van der Waals surface area (Å²) in [5.74, 6) is 0.0330. The third-order valence-corrected chi connectivity index (χ3v) is 2.86. The average molecular weight is 299 g/mol. The zero-order chi connectivity index (χ0) is 14.8. The van der Waals surface area contributed by atoms with Crippen molar-refractivity contribution in [2.45, 2.75) is 39.0 Å². The molecule has 0 fully saturated rings. The SMILES string of the molecule is CCOC(=O)CCCCCC(=O)Oc1ccc(Cl)cc1. The van der Waals surface area contributed by atoms with E-state index in [4.69, 9.17) is 21.1 Å². The molecule has 110 valence electrons. The highest BCUT2D eigenvalue weighted by Crippen LogP contribution is 2.16. The standard InChI is InChI=1S/C15H19ClO4/c1-2-19-14(17)6-4-3-5-7-15(18)20-13-10-8-12(16)9-11-13/h8-11H,2-7H2,1H3. The van der Waals surface area contributed by atoms with Crippen molar-refractivity contribution < 1.29 is 19.1 Å². The number of esters is 2. The summed E-state index contributed by atoms with van der Waals surface area (Å²) < 4.78 is 9.96. The summed E-state index contributed by atoms with van der Waals surface area (Å²) in [6.07, 6.45) is 2.97. The van der Waals surface area contributed by atoms with Crippen molar-refractivity contribution in [2.75, 3.05) is 6.61 Å². The molecule has 0 saturated heterocycles. The molecular weight excluding hydrogens is 280 g/mol. The van der Waals surface area contributed by atoms with Gasteiger partial charge in [-0.1, -0.05) is 18.0 Å². The number of carbonyl (C=O) groups excluding carboxylic acids is 2. The lowest BCUT2D eigenvalue weighted by Crippen LogP contribution is -2.07. The van der Waals surface area contributed by atoms with E-state index in [9.17, 15) is 9.59 Å². The molecule has 0 aromatic heterocycles. The molecule has 5 heteroatoms. The molecule has 0 aliphatic rings. The summed E-state index contributed by atoms with van der Waals surface area (Å²) in [6, 6.07) is 6.65. The number of ether oxygens (including phenoxy) is 2. The van der Waals surface area contributed by atoms with Crippen LogP contribution in [0, 0.1) is 0 Å². The van der Waals surface area contributed by atoms with Crippen LogP contribution in [0.4, 0.5) is 0 Å². The molecular formula is C15H19ClO4. The van der Waals surface area contributed by atoms with Crippen LogP contribution in [-0.4, -0.2) is 18.5 Å². The van der Waals surface area contributed by atoms with E-state index < -0.39 is 0 Å². The summed E-state index contributed by atoms with van der Waals surface area (Å²) in [4.78, 5) is 22.6. The first-order valence-corrected chi connectivity index (χ1v) is 7.11. The van der Waals surface area contributed by atoms with Crippen molar-refractivity contribution >= 4 is 23.5 Å². The predicted molar refractivity (Wildman–Crippen MR) is 76.8 cm³/mol. The smallest absolute Gasteiger partial charge is 0.311 e. The van der Waals surface area contributed by atoms with E-state index in [1.807, 2.05) is 0 Å². The second-order valence-corrected chi connectivity index (χ2v) is 4.73. The zero-order valence-electron chi connectivity index (χ0n) is 11.6. The van der Waals surface area contributed by atoms with E-state index >= 15 is 0 Å². The molecule has 0 spiro atoms. The quantitative estimate of drug-likeness (QED) is 0.416. The Kier molecular flexibility index (Phi) is 7.73. The van der Waals surface area contributed by atoms with Gasteiger partial charge in [-0.15, -0.1) is 0 Å². The Hall–Kier alpha value is -1.55. The molecule has 1 aromatic rings. The van der Waals surface area contributed by atoms with Crippen molar-refractivity contribution in [1.29, 1.82) is 0 Å². The monoisotopic (exact) mass is 298 g/mol. The first-order chi connectivity index (χ1) is 9.61. The first kappa shape index (κ1) is 16.5. The van der Waals surface area contributed by atoms with E-state index in [1.54, 1.807) is 31.2 Å². The fourth-order valence-electron chi connectivity index (χ4n) is 1.63. The molecule has 0 radical (unpaired) electrons. The predicted octanol–water partition coefficient (Wildman–Crippen LogP) is 3.76. The number of benzene rings is 1. The fourth-order valence-corrected chi connectivity index (χ4v) is 1.76. The Morgan fingerprint density at radius 2 is 1.60 bits per heavy atom. The van der Waals surface area contributed by atoms with Crippen LogP contribution in [0.2, 0.25) is 5.02 Å². The molecule has 0 unspecified atom stereocenters. The number of unbranched alkanes of at least 4 members (excludes halogenated alkanes) is 2. The summed E-state index contributed by atoms with van der Waals surface area (Å²) in [5.41, 5.74) is 0. The molecule has 0 atom stereocenters. The molecule has 0 aliphatic heterocycles. The lowest BCUT2D eigenvalue weighted by Gasteiger charge is -2.04. The summed E-state index contributed by atoms with van der Waals surface area (Å²) in [6.45, 7) is 2.19. The van der Waals surface area contributed by atoms with Crippen molar-refractivity contribution in [2.24, 2.45) is 0 Å². The largest absolute Gasteiger partial charge is 0.466 e. The minimum atomic E-state index is -0.275. The Bertz CT molecular complexity index is 428. The van der Waals surface area contributed by atoms with Gasteiger partial charge in [-0.05, 0) is 44.0 Å². The molecule has 20 heavy (non-hydrogen) atoms. The maximum Gasteiger partial charge on any atom is 0.311 e. The van der Waals surface area contributed by atoms with Gasteiger partial charge in [-0.3, -0.25) is 9.59 Å². The highest BCUT2D eigenvalue weighted by atomic mass is 35.5. The third kappa shape index (κ3) is 7.14. The van der Waals surface area contributed by atoms with E-state index in [0.29, 0.717) is 36.6 Å². The Balaban J connectivity index is 2.11. The first-order valence-electron chi connectivity index (χ1n) is 6.73. The van der Waals surface area contributed by atoms with Crippen LogP contribution in [0.1, 0.15) is 39.0 Å². The van der Waals surface area contributed by atoms with E-state index in [-0.39, 0.29) is 11.9 Å². The van der Waals surface area contributed by atoms with Crippen LogP contribution in [-0.2, 0) is 14.3 Å². The molecule has 4 nitrogen and oxygen atoms in total. The van der Waals surface area contributed by atoms with Gasteiger partial charge in [0.1, 0.15) is 5.75 Å². The van der Waals surface area contributed by atoms with Crippen LogP contribution < -0.4 is 4.74 Å². The summed E-state index contributed by atoms with van der Waals surface area (Å²) in [5, 5.41) is 0.601. The minimum Gasteiger partial charge on any atom is -0.466 e. The molecule has 0 heterocycles. The molecule has 0 aliphatic carbocycles. The Morgan fingerprint density at radius 1 is 1.00 bits per heavy atom. The second-order valence-electron chi connectivity index (χ2n) is 4.29. The van der Waals surface area contributed by atoms with Gasteiger partial charge in [0.05, 0.1) is 6.61 Å². The van der Waals surface area contributed by atoms with Crippen molar-refractivity contribution in [1.82, 2.24) is 0 Å².